The van der Waals surface area contributed by atoms with Crippen LogP contribution in [0.3, 0.4) is 0 Å². The topological polar surface area (TPSA) is 56.4 Å². The van der Waals surface area contributed by atoms with Gasteiger partial charge in [0.05, 0.1) is 21.3 Å². The third kappa shape index (κ3) is 2.04. The number of imidazole rings is 1. The van der Waals surface area contributed by atoms with Crippen molar-refractivity contribution in [3.05, 3.63) is 24.5 Å². The molecule has 0 aliphatic rings. The molecular formula is C12H14N2O3. The molecule has 0 amide bonds. The largest absolute Gasteiger partial charge is 0.493 e. The molecule has 1 heterocycles. The van der Waals surface area contributed by atoms with E-state index in [4.69, 9.17) is 14.2 Å². The smallest absolute Gasteiger partial charge is 0.203 e. The highest BCUT2D eigenvalue weighted by molar-refractivity contribution is 5.66. The Hall–Kier alpha value is -2.17. The number of benzene rings is 1. The van der Waals surface area contributed by atoms with E-state index in [-0.39, 0.29) is 0 Å². The molecule has 90 valence electrons. The van der Waals surface area contributed by atoms with Crippen LogP contribution in [-0.4, -0.2) is 31.3 Å². The van der Waals surface area contributed by atoms with Gasteiger partial charge in [0, 0.05) is 18.0 Å². The summed E-state index contributed by atoms with van der Waals surface area (Å²) in [6.07, 6.45) is 3.46. The zero-order chi connectivity index (χ0) is 12.3. The van der Waals surface area contributed by atoms with Gasteiger partial charge >= 0.3 is 0 Å². The van der Waals surface area contributed by atoms with Gasteiger partial charge in [-0.1, -0.05) is 0 Å². The van der Waals surface area contributed by atoms with Crippen LogP contribution < -0.4 is 14.2 Å². The number of nitrogens with one attached hydrogen (secondary N) is 1. The van der Waals surface area contributed by atoms with E-state index in [0.29, 0.717) is 17.2 Å². The van der Waals surface area contributed by atoms with Gasteiger partial charge in [0.1, 0.15) is 5.82 Å². The van der Waals surface area contributed by atoms with Crippen LogP contribution in [0.5, 0.6) is 17.2 Å². The molecule has 1 N–H and O–H groups in total. The molecule has 2 rings (SSSR count). The van der Waals surface area contributed by atoms with Gasteiger partial charge in [0.25, 0.3) is 0 Å². The van der Waals surface area contributed by atoms with E-state index < -0.39 is 0 Å². The van der Waals surface area contributed by atoms with Gasteiger partial charge in [-0.05, 0) is 12.1 Å². The van der Waals surface area contributed by atoms with Crippen LogP contribution in [0.4, 0.5) is 0 Å². The fourth-order valence-electron chi connectivity index (χ4n) is 1.64. The molecule has 2 aromatic rings. The van der Waals surface area contributed by atoms with E-state index in [0.717, 1.165) is 11.4 Å². The maximum absolute atomic E-state index is 5.27. The van der Waals surface area contributed by atoms with Crippen molar-refractivity contribution in [2.24, 2.45) is 0 Å². The molecule has 0 saturated heterocycles. The third-order valence-electron chi connectivity index (χ3n) is 2.44. The monoisotopic (exact) mass is 234 g/mol. The van der Waals surface area contributed by atoms with Crippen molar-refractivity contribution in [1.82, 2.24) is 9.97 Å². The molecule has 1 aromatic carbocycles. The van der Waals surface area contributed by atoms with Crippen molar-refractivity contribution in [1.29, 1.82) is 0 Å². The van der Waals surface area contributed by atoms with Crippen LogP contribution in [0.1, 0.15) is 0 Å². The van der Waals surface area contributed by atoms with Gasteiger partial charge < -0.3 is 19.2 Å². The Labute approximate surface area is 99.4 Å². The first-order chi connectivity index (χ1) is 8.30. The summed E-state index contributed by atoms with van der Waals surface area (Å²) in [4.78, 5) is 7.22. The van der Waals surface area contributed by atoms with Crippen LogP contribution in [0.25, 0.3) is 11.4 Å². The highest BCUT2D eigenvalue weighted by atomic mass is 16.5. The summed E-state index contributed by atoms with van der Waals surface area (Å²) in [6, 6.07) is 3.69. The van der Waals surface area contributed by atoms with Gasteiger partial charge in [0.2, 0.25) is 5.75 Å². The van der Waals surface area contributed by atoms with Gasteiger partial charge in [-0.25, -0.2) is 4.98 Å². The molecule has 5 heteroatoms. The fourth-order valence-corrected chi connectivity index (χ4v) is 1.64. The molecule has 17 heavy (non-hydrogen) atoms. The van der Waals surface area contributed by atoms with E-state index in [2.05, 4.69) is 9.97 Å². The molecule has 0 atom stereocenters. The summed E-state index contributed by atoms with van der Waals surface area (Å²) < 4.78 is 15.8. The lowest BCUT2D eigenvalue weighted by atomic mass is 10.1. The predicted octanol–water partition coefficient (Wildman–Crippen LogP) is 2.10. The first-order valence-corrected chi connectivity index (χ1v) is 5.10. The minimum absolute atomic E-state index is 0.574. The van der Waals surface area contributed by atoms with Gasteiger partial charge in [-0.3, -0.25) is 0 Å². The van der Waals surface area contributed by atoms with Crippen LogP contribution in [0.2, 0.25) is 0 Å². The number of ether oxygens (including phenoxy) is 3. The Morgan fingerprint density at radius 1 is 1.00 bits per heavy atom. The average Bonchev–Trinajstić information content (AvgIpc) is 2.90. The molecule has 0 spiro atoms. The zero-order valence-corrected chi connectivity index (χ0v) is 9.98. The quantitative estimate of drug-likeness (QED) is 0.880. The fraction of sp³-hybridized carbons (Fsp3) is 0.250. The van der Waals surface area contributed by atoms with E-state index in [1.165, 1.54) is 0 Å². The summed E-state index contributed by atoms with van der Waals surface area (Å²) in [5.41, 5.74) is 0.879. The van der Waals surface area contributed by atoms with Crippen molar-refractivity contribution in [2.75, 3.05) is 21.3 Å². The van der Waals surface area contributed by atoms with Crippen LogP contribution in [0.15, 0.2) is 24.5 Å². The summed E-state index contributed by atoms with van der Waals surface area (Å²) in [5, 5.41) is 0. The highest BCUT2D eigenvalue weighted by Crippen LogP contribution is 2.40. The van der Waals surface area contributed by atoms with Crippen LogP contribution in [0, 0.1) is 0 Å². The Balaban J connectivity index is 2.56. The van der Waals surface area contributed by atoms with Gasteiger partial charge in [0.15, 0.2) is 11.5 Å². The number of nitrogens with zero attached hydrogens (tertiary/aromatic N) is 1. The molecule has 0 fully saturated rings. The Morgan fingerprint density at radius 3 is 2.06 bits per heavy atom. The van der Waals surface area contributed by atoms with Crippen molar-refractivity contribution >= 4 is 0 Å². The second-order valence-corrected chi connectivity index (χ2v) is 3.35. The first kappa shape index (κ1) is 11.3. The Bertz CT molecular complexity index is 469. The number of aromatic nitrogens is 2. The number of hydrogen-bond donors (Lipinski definition) is 1. The van der Waals surface area contributed by atoms with Crippen LogP contribution >= 0.6 is 0 Å². The third-order valence-corrected chi connectivity index (χ3v) is 2.44. The molecule has 0 aliphatic carbocycles. The summed E-state index contributed by atoms with van der Waals surface area (Å²) in [6.45, 7) is 0. The van der Waals surface area contributed by atoms with Crippen molar-refractivity contribution in [3.8, 4) is 28.6 Å². The molecule has 0 saturated carbocycles. The van der Waals surface area contributed by atoms with Gasteiger partial charge in [-0.15, -0.1) is 0 Å². The Kier molecular flexibility index (Phi) is 3.18. The molecule has 0 aliphatic heterocycles. The second-order valence-electron chi connectivity index (χ2n) is 3.35. The maximum Gasteiger partial charge on any atom is 0.203 e. The lowest BCUT2D eigenvalue weighted by molar-refractivity contribution is 0.324. The molecule has 0 unspecified atom stereocenters. The number of hydrogen-bond acceptors (Lipinski definition) is 4. The van der Waals surface area contributed by atoms with Crippen molar-refractivity contribution in [3.63, 3.8) is 0 Å². The lowest BCUT2D eigenvalue weighted by Gasteiger charge is -2.13. The van der Waals surface area contributed by atoms with Crippen LogP contribution in [-0.2, 0) is 0 Å². The molecule has 1 aromatic heterocycles. The molecule has 0 bridgehead atoms. The van der Waals surface area contributed by atoms with Crippen molar-refractivity contribution < 1.29 is 14.2 Å². The molecular weight excluding hydrogens is 220 g/mol. The minimum atomic E-state index is 0.574. The second kappa shape index (κ2) is 4.78. The average molecular weight is 234 g/mol. The van der Waals surface area contributed by atoms with E-state index in [1.54, 1.807) is 33.7 Å². The maximum atomic E-state index is 5.27. The number of methoxy groups -OCH3 is 3. The number of aromatic amines is 1. The SMILES string of the molecule is COc1cc(-c2ncc[nH]2)cc(OC)c1OC. The first-order valence-electron chi connectivity index (χ1n) is 5.10. The van der Waals surface area contributed by atoms with E-state index in [1.807, 2.05) is 12.1 Å². The van der Waals surface area contributed by atoms with E-state index >= 15 is 0 Å². The van der Waals surface area contributed by atoms with E-state index in [9.17, 15) is 0 Å². The standard InChI is InChI=1S/C12H14N2O3/c1-15-9-6-8(12-13-4-5-14-12)7-10(16-2)11(9)17-3/h4-7H,1-3H3,(H,13,14). The summed E-state index contributed by atoms with van der Waals surface area (Å²) in [7, 11) is 4.75. The number of H-pyrrole nitrogens is 1. The highest BCUT2D eigenvalue weighted by Gasteiger charge is 2.14. The Morgan fingerprint density at radius 2 is 1.65 bits per heavy atom. The molecule has 5 nitrogen and oxygen atoms in total. The van der Waals surface area contributed by atoms with Gasteiger partial charge in [-0.2, -0.15) is 0 Å². The number of rotatable bonds is 4. The molecule has 0 radical (unpaired) electrons. The predicted molar refractivity (Wildman–Crippen MR) is 63.7 cm³/mol. The minimum Gasteiger partial charge on any atom is -0.493 e. The van der Waals surface area contributed by atoms with Crippen molar-refractivity contribution in [2.45, 2.75) is 0 Å². The summed E-state index contributed by atoms with van der Waals surface area (Å²) in [5.74, 6) is 2.55. The zero-order valence-electron chi connectivity index (χ0n) is 9.98. The summed E-state index contributed by atoms with van der Waals surface area (Å²) >= 11 is 0. The lowest BCUT2D eigenvalue weighted by Crippen LogP contribution is -1.96. The normalized spacial score (nSPS) is 10.1.